The van der Waals surface area contributed by atoms with Crippen LogP contribution < -0.4 is 14.9 Å². The number of benzene rings is 4. The van der Waals surface area contributed by atoms with Crippen LogP contribution in [0.15, 0.2) is 108 Å². The van der Waals surface area contributed by atoms with Gasteiger partial charge in [0.1, 0.15) is 0 Å². The second-order valence-corrected chi connectivity index (χ2v) is 13.8. The number of anilines is 1. The van der Waals surface area contributed by atoms with Gasteiger partial charge < -0.3 is 10.6 Å². The summed E-state index contributed by atoms with van der Waals surface area (Å²) in [5.74, 6) is -0.481. The van der Waals surface area contributed by atoms with Gasteiger partial charge in [0.05, 0.1) is 28.6 Å². The van der Waals surface area contributed by atoms with E-state index in [9.17, 15) is 18.0 Å². The number of allylic oxidation sites excluding steroid dienone is 1. The Hall–Kier alpha value is -4.14. The molecule has 0 saturated heterocycles. The summed E-state index contributed by atoms with van der Waals surface area (Å²) >= 11 is 6.09. The highest BCUT2D eigenvalue weighted by atomic mass is 35.5. The van der Waals surface area contributed by atoms with Crippen molar-refractivity contribution in [3.63, 3.8) is 0 Å². The van der Waals surface area contributed by atoms with Gasteiger partial charge >= 0.3 is 0 Å². The summed E-state index contributed by atoms with van der Waals surface area (Å²) in [6.07, 6.45) is 7.59. The second kappa shape index (κ2) is 12.5. The van der Waals surface area contributed by atoms with Crippen molar-refractivity contribution < 1.29 is 18.0 Å². The number of rotatable bonds is 2. The molecule has 7 nitrogen and oxygen atoms in total. The van der Waals surface area contributed by atoms with Crippen LogP contribution in [0.3, 0.4) is 0 Å². The Morgan fingerprint density at radius 3 is 2.34 bits per heavy atom. The second-order valence-electron chi connectivity index (χ2n) is 11.5. The summed E-state index contributed by atoms with van der Waals surface area (Å²) in [5.41, 5.74) is 0.931. The normalized spacial score (nSPS) is 21.1. The SMILES string of the molecule is O=C1NCC(c2ccc3ccccc3c2)NC(=O)C2(C/C=C\CN(c3ccc(Cl)cc3)S(=O)(=O)c3cccc1c3)CCCC2. The molecule has 1 unspecified atom stereocenters. The lowest BCUT2D eigenvalue weighted by Gasteiger charge is -2.30. The Kier molecular flexibility index (Phi) is 8.47. The van der Waals surface area contributed by atoms with Crippen LogP contribution in [-0.2, 0) is 14.8 Å². The minimum Gasteiger partial charge on any atom is -0.350 e. The number of carbonyl (C=O) groups excluding carboxylic acids is 2. The molecular weight excluding hydrogens is 594 g/mol. The fourth-order valence-corrected chi connectivity index (χ4v) is 7.80. The molecule has 1 aliphatic carbocycles. The number of amides is 2. The van der Waals surface area contributed by atoms with Crippen molar-refractivity contribution in [2.75, 3.05) is 17.4 Å². The molecule has 2 amide bonds. The first kappa shape index (κ1) is 29.9. The van der Waals surface area contributed by atoms with Crippen molar-refractivity contribution in [3.8, 4) is 0 Å². The monoisotopic (exact) mass is 627 g/mol. The highest BCUT2D eigenvalue weighted by Gasteiger charge is 2.41. The van der Waals surface area contributed by atoms with Crippen molar-refractivity contribution in [1.29, 1.82) is 0 Å². The van der Waals surface area contributed by atoms with Gasteiger partial charge in [0.2, 0.25) is 5.91 Å². The maximum absolute atomic E-state index is 14.0. The van der Waals surface area contributed by atoms with Crippen molar-refractivity contribution in [3.05, 3.63) is 119 Å². The average molecular weight is 628 g/mol. The molecule has 1 aliphatic heterocycles. The Balaban J connectivity index is 1.40. The zero-order chi connectivity index (χ0) is 30.7. The molecule has 0 radical (unpaired) electrons. The van der Waals surface area contributed by atoms with E-state index in [0.29, 0.717) is 17.1 Å². The van der Waals surface area contributed by atoms with E-state index in [4.69, 9.17) is 11.6 Å². The summed E-state index contributed by atoms with van der Waals surface area (Å²) in [6, 6.07) is 26.2. The van der Waals surface area contributed by atoms with Crippen molar-refractivity contribution in [1.82, 2.24) is 10.6 Å². The van der Waals surface area contributed by atoms with E-state index in [1.54, 1.807) is 36.4 Å². The number of hydrogen-bond donors (Lipinski definition) is 2. The van der Waals surface area contributed by atoms with E-state index in [1.165, 1.54) is 16.4 Å². The van der Waals surface area contributed by atoms with Gasteiger partial charge in [-0.3, -0.25) is 13.9 Å². The van der Waals surface area contributed by atoms with E-state index in [0.717, 1.165) is 42.0 Å². The summed E-state index contributed by atoms with van der Waals surface area (Å²) in [7, 11) is -4.05. The molecule has 4 aromatic rings. The smallest absolute Gasteiger partial charge is 0.264 e. The summed E-state index contributed by atoms with van der Waals surface area (Å²) < 4.78 is 29.3. The number of halogens is 1. The first-order chi connectivity index (χ1) is 21.2. The Bertz CT molecular complexity index is 1830. The highest BCUT2D eigenvalue weighted by Crippen LogP contribution is 2.42. The topological polar surface area (TPSA) is 95.6 Å². The van der Waals surface area contributed by atoms with Crippen LogP contribution in [0.4, 0.5) is 5.69 Å². The lowest BCUT2D eigenvalue weighted by molar-refractivity contribution is -0.131. The molecular formula is C35H34ClN3O4S. The third kappa shape index (κ3) is 6.10. The fourth-order valence-electron chi connectivity index (χ4n) is 6.21. The van der Waals surface area contributed by atoms with Crippen LogP contribution in [0, 0.1) is 5.41 Å². The molecule has 2 N–H and O–H groups in total. The molecule has 2 aliphatic rings. The first-order valence-electron chi connectivity index (χ1n) is 14.9. The van der Waals surface area contributed by atoms with E-state index in [2.05, 4.69) is 10.6 Å². The fraction of sp³-hybridized carbons (Fsp3) is 0.257. The van der Waals surface area contributed by atoms with Gasteiger partial charge in [-0.1, -0.05) is 79.1 Å². The maximum atomic E-state index is 14.0. The number of nitrogens with zero attached hydrogens (tertiary/aromatic N) is 1. The van der Waals surface area contributed by atoms with E-state index in [-0.39, 0.29) is 29.5 Å². The predicted octanol–water partition coefficient (Wildman–Crippen LogP) is 6.80. The molecule has 6 rings (SSSR count). The van der Waals surface area contributed by atoms with E-state index >= 15 is 0 Å². The van der Waals surface area contributed by atoms with E-state index in [1.807, 2.05) is 54.6 Å². The molecule has 2 bridgehead atoms. The highest BCUT2D eigenvalue weighted by molar-refractivity contribution is 7.92. The number of sulfonamides is 1. The maximum Gasteiger partial charge on any atom is 0.264 e. The summed E-state index contributed by atoms with van der Waals surface area (Å²) in [6.45, 7) is 0.195. The number of carbonyl (C=O) groups is 2. The molecule has 1 fully saturated rings. The number of hydrogen-bond acceptors (Lipinski definition) is 4. The standard InChI is InChI=1S/C35H34ClN3O4S/c36-29-14-16-30(17-15-29)39-21-6-5-20-35(18-3-4-19-35)34(41)38-32(27-13-12-25-8-1-2-9-26(25)22-27)24-37-33(40)28-10-7-11-31(23-28)44(39,42)43/h1-2,5-17,22-23,32H,3-4,18-21,24H2,(H,37,40)(H,38,41)/b6-5-. The van der Waals surface area contributed by atoms with Crippen LogP contribution in [0.25, 0.3) is 10.8 Å². The molecule has 4 aromatic carbocycles. The zero-order valence-corrected chi connectivity index (χ0v) is 25.8. The Labute approximate surface area is 263 Å². The van der Waals surface area contributed by atoms with Gasteiger partial charge in [-0.05, 0) is 84.1 Å². The summed E-state index contributed by atoms with van der Waals surface area (Å²) in [5, 5.41) is 8.86. The van der Waals surface area contributed by atoms with Crippen LogP contribution in [0.2, 0.25) is 5.02 Å². The predicted molar refractivity (Wildman–Crippen MR) is 174 cm³/mol. The first-order valence-corrected chi connectivity index (χ1v) is 16.7. The quantitative estimate of drug-likeness (QED) is 0.239. The molecule has 1 heterocycles. The third-order valence-corrected chi connectivity index (χ3v) is 10.8. The minimum absolute atomic E-state index is 0.00670. The summed E-state index contributed by atoms with van der Waals surface area (Å²) in [4.78, 5) is 27.5. The molecule has 44 heavy (non-hydrogen) atoms. The van der Waals surface area contributed by atoms with Gasteiger partial charge in [-0.25, -0.2) is 8.42 Å². The lowest BCUT2D eigenvalue weighted by Crippen LogP contribution is -2.44. The van der Waals surface area contributed by atoms with Gasteiger partial charge in [0.25, 0.3) is 15.9 Å². The Morgan fingerprint density at radius 1 is 0.818 bits per heavy atom. The van der Waals surface area contributed by atoms with Gasteiger partial charge in [0.15, 0.2) is 0 Å². The molecule has 0 aromatic heterocycles. The number of nitrogens with one attached hydrogen (secondary N) is 2. The van der Waals surface area contributed by atoms with Crippen LogP contribution in [0.5, 0.6) is 0 Å². The van der Waals surface area contributed by atoms with Crippen molar-refractivity contribution >= 4 is 49.9 Å². The minimum atomic E-state index is -4.05. The lowest BCUT2D eigenvalue weighted by atomic mass is 9.81. The van der Waals surface area contributed by atoms with Gasteiger partial charge in [-0.2, -0.15) is 0 Å². The molecule has 9 heteroatoms. The zero-order valence-electron chi connectivity index (χ0n) is 24.2. The van der Waals surface area contributed by atoms with Gasteiger partial charge in [-0.15, -0.1) is 0 Å². The van der Waals surface area contributed by atoms with Crippen LogP contribution in [0.1, 0.15) is 54.1 Å². The molecule has 1 saturated carbocycles. The largest absolute Gasteiger partial charge is 0.350 e. The molecule has 1 atom stereocenters. The van der Waals surface area contributed by atoms with E-state index < -0.39 is 27.4 Å². The van der Waals surface area contributed by atoms with Crippen LogP contribution >= 0.6 is 11.6 Å². The molecule has 1 spiro atoms. The van der Waals surface area contributed by atoms with Crippen LogP contribution in [-0.4, -0.2) is 33.3 Å². The van der Waals surface area contributed by atoms with Crippen molar-refractivity contribution in [2.45, 2.75) is 43.0 Å². The Morgan fingerprint density at radius 2 is 1.57 bits per heavy atom. The van der Waals surface area contributed by atoms with Crippen molar-refractivity contribution in [2.24, 2.45) is 5.41 Å². The third-order valence-electron chi connectivity index (χ3n) is 8.74. The molecule has 226 valence electrons. The van der Waals surface area contributed by atoms with Gasteiger partial charge in [0, 0.05) is 17.1 Å². The number of fused-ring (bicyclic) bond motifs is 3. The average Bonchev–Trinajstić information content (AvgIpc) is 3.53.